The van der Waals surface area contributed by atoms with Crippen molar-refractivity contribution in [3.63, 3.8) is 0 Å². The number of piperidine rings is 1. The van der Waals surface area contributed by atoms with E-state index in [4.69, 9.17) is 16.3 Å². The summed E-state index contributed by atoms with van der Waals surface area (Å²) < 4.78 is 6.25. The zero-order valence-corrected chi connectivity index (χ0v) is 20.4. The normalized spacial score (nSPS) is 22.5. The minimum Gasteiger partial charge on any atom is -0.444 e. The number of H-pyrrole nitrogens is 1. The Hall–Kier alpha value is -3.17. The van der Waals surface area contributed by atoms with E-state index >= 15 is 0 Å². The molecule has 0 aliphatic carbocycles. The summed E-state index contributed by atoms with van der Waals surface area (Å²) in [5.41, 5.74) is 2.37. The van der Waals surface area contributed by atoms with E-state index in [1.165, 1.54) is 0 Å². The molecule has 1 saturated heterocycles. The lowest BCUT2D eigenvalue weighted by Crippen LogP contribution is -2.47. The number of hydrogen-bond acceptors (Lipinski definition) is 5. The zero-order chi connectivity index (χ0) is 23.8. The van der Waals surface area contributed by atoms with Crippen LogP contribution in [-0.4, -0.2) is 51.6 Å². The van der Waals surface area contributed by atoms with Crippen LogP contribution >= 0.6 is 15.9 Å². The fourth-order valence-electron chi connectivity index (χ4n) is 4.54. The van der Waals surface area contributed by atoms with Crippen LogP contribution in [0, 0.1) is 23.8 Å². The molecular formula is C24H25BrN6O2. The number of amides is 1. The van der Waals surface area contributed by atoms with Crippen molar-refractivity contribution in [2.45, 2.75) is 51.2 Å². The van der Waals surface area contributed by atoms with E-state index in [0.29, 0.717) is 28.9 Å². The number of nitrogens with one attached hydrogen (secondary N) is 1. The Labute approximate surface area is 201 Å². The van der Waals surface area contributed by atoms with Gasteiger partial charge in [-0.2, -0.15) is 10.4 Å². The molecule has 1 amide bonds. The number of likely N-dealkylation sites (tertiary alicyclic amines) is 1. The van der Waals surface area contributed by atoms with Crippen molar-refractivity contribution >= 4 is 33.6 Å². The first-order chi connectivity index (χ1) is 15.7. The van der Waals surface area contributed by atoms with Gasteiger partial charge in [0, 0.05) is 29.0 Å². The number of carbonyl (C=O) groups is 1. The van der Waals surface area contributed by atoms with Gasteiger partial charge in [0.05, 0.1) is 17.7 Å². The van der Waals surface area contributed by atoms with Crippen LogP contribution in [0.15, 0.2) is 33.9 Å². The maximum atomic E-state index is 12.7. The van der Waals surface area contributed by atoms with Gasteiger partial charge in [-0.15, -0.1) is 0 Å². The minimum absolute atomic E-state index is 0.0674. The van der Waals surface area contributed by atoms with Gasteiger partial charge in [-0.3, -0.25) is 5.10 Å². The summed E-state index contributed by atoms with van der Waals surface area (Å²) in [7, 11) is 0. The number of aliphatic imine (C=N–C) groups is 1. The van der Waals surface area contributed by atoms with Gasteiger partial charge in [0.25, 0.3) is 6.04 Å². The Kier molecular flexibility index (Phi) is 6.27. The smallest absolute Gasteiger partial charge is 0.410 e. The Morgan fingerprint density at radius 3 is 2.88 bits per heavy atom. The van der Waals surface area contributed by atoms with Gasteiger partial charge in [0.1, 0.15) is 17.4 Å². The number of hydrogen-bond donors (Lipinski definition) is 1. The van der Waals surface area contributed by atoms with Crippen molar-refractivity contribution in [1.82, 2.24) is 15.1 Å². The molecule has 1 N–H and O–H groups in total. The van der Waals surface area contributed by atoms with Crippen LogP contribution in [0.4, 0.5) is 10.6 Å². The van der Waals surface area contributed by atoms with Gasteiger partial charge in [-0.05, 0) is 61.2 Å². The zero-order valence-electron chi connectivity index (χ0n) is 18.8. The first-order valence-corrected chi connectivity index (χ1v) is 11.7. The van der Waals surface area contributed by atoms with Crippen LogP contribution in [0.1, 0.15) is 56.2 Å². The number of aromatic nitrogens is 2. The van der Waals surface area contributed by atoms with Crippen molar-refractivity contribution in [1.29, 1.82) is 5.26 Å². The highest BCUT2D eigenvalue weighted by molar-refractivity contribution is 9.10. The SMILES string of the molecule is [C-]#[N+]C1C(C2CCCN(C(=O)OC(C)(C)C)C2)=Nc2[nH]ncc2C1c1cccc(C#N)c1Br. The third-order valence-electron chi connectivity index (χ3n) is 5.96. The highest BCUT2D eigenvalue weighted by Crippen LogP contribution is 2.44. The molecule has 8 nitrogen and oxygen atoms in total. The topological polar surface area (TPSA) is 98.7 Å². The number of benzene rings is 1. The molecule has 0 bridgehead atoms. The molecule has 1 aromatic carbocycles. The van der Waals surface area contributed by atoms with Crippen molar-refractivity contribution in [2.75, 3.05) is 13.1 Å². The molecule has 3 unspecified atom stereocenters. The predicted octanol–water partition coefficient (Wildman–Crippen LogP) is 5.20. The maximum Gasteiger partial charge on any atom is 0.410 e. The Morgan fingerprint density at radius 1 is 1.39 bits per heavy atom. The lowest BCUT2D eigenvalue weighted by molar-refractivity contribution is 0.0193. The number of nitriles is 1. The summed E-state index contributed by atoms with van der Waals surface area (Å²) >= 11 is 3.58. The number of rotatable bonds is 2. The highest BCUT2D eigenvalue weighted by atomic mass is 79.9. The first-order valence-electron chi connectivity index (χ1n) is 10.9. The molecule has 2 aromatic rings. The van der Waals surface area contributed by atoms with Gasteiger partial charge in [0.15, 0.2) is 5.82 Å². The van der Waals surface area contributed by atoms with E-state index < -0.39 is 11.6 Å². The average molecular weight is 509 g/mol. The number of fused-ring (bicyclic) bond motifs is 1. The van der Waals surface area contributed by atoms with E-state index in [-0.39, 0.29) is 17.9 Å². The summed E-state index contributed by atoms with van der Waals surface area (Å²) in [4.78, 5) is 23.2. The van der Waals surface area contributed by atoms with Crippen LogP contribution in [0.25, 0.3) is 4.85 Å². The fourth-order valence-corrected chi connectivity index (χ4v) is 5.14. The number of aromatic amines is 1. The average Bonchev–Trinajstić information content (AvgIpc) is 3.25. The summed E-state index contributed by atoms with van der Waals surface area (Å²) in [5.74, 6) is 0.226. The number of ether oxygens (including phenoxy) is 1. The van der Waals surface area contributed by atoms with Gasteiger partial charge in [-0.1, -0.05) is 12.1 Å². The molecule has 1 fully saturated rings. The second kappa shape index (κ2) is 8.99. The molecule has 2 aliphatic rings. The molecule has 0 saturated carbocycles. The molecule has 170 valence electrons. The molecule has 4 rings (SSSR count). The molecule has 3 heterocycles. The quantitative estimate of drug-likeness (QED) is 0.563. The third-order valence-corrected chi connectivity index (χ3v) is 6.84. The molecule has 1 aromatic heterocycles. The van der Waals surface area contributed by atoms with E-state index in [9.17, 15) is 10.1 Å². The van der Waals surface area contributed by atoms with Gasteiger partial charge >= 0.3 is 6.09 Å². The van der Waals surface area contributed by atoms with Crippen LogP contribution in [-0.2, 0) is 4.74 Å². The summed E-state index contributed by atoms with van der Waals surface area (Å²) in [5, 5.41) is 16.6. The molecule has 0 radical (unpaired) electrons. The van der Waals surface area contributed by atoms with Crippen LogP contribution in [0.5, 0.6) is 0 Å². The van der Waals surface area contributed by atoms with Crippen molar-refractivity contribution in [2.24, 2.45) is 10.9 Å². The first kappa shape index (κ1) is 23.0. The molecular weight excluding hydrogens is 484 g/mol. The standard InChI is InChI=1S/C24H25BrN6O2/c1-24(2,3)33-23(32)31-10-6-8-15(13-31)20-21(27-4)18(17-12-28-30-22(17)29-20)16-9-5-7-14(11-26)19(16)25/h5,7,9,12,15,18,21H,6,8,10,13H2,1-3H3,(H,28,30). The molecule has 9 heteroatoms. The predicted molar refractivity (Wildman–Crippen MR) is 127 cm³/mol. The Bertz CT molecular complexity index is 1180. The lowest BCUT2D eigenvalue weighted by atomic mass is 9.77. The third kappa shape index (κ3) is 4.51. The number of halogens is 1. The summed E-state index contributed by atoms with van der Waals surface area (Å²) in [6.07, 6.45) is 3.01. The van der Waals surface area contributed by atoms with Gasteiger partial charge in [-0.25, -0.2) is 16.4 Å². The fraction of sp³-hybridized carbons (Fsp3) is 0.458. The molecule has 3 atom stereocenters. The Morgan fingerprint density at radius 2 is 2.18 bits per heavy atom. The van der Waals surface area contributed by atoms with E-state index in [0.717, 1.165) is 29.7 Å². The largest absolute Gasteiger partial charge is 0.444 e. The molecule has 2 aliphatic heterocycles. The van der Waals surface area contributed by atoms with E-state index in [1.807, 2.05) is 32.9 Å². The van der Waals surface area contributed by atoms with Crippen LogP contribution in [0.3, 0.4) is 0 Å². The summed E-state index contributed by atoms with van der Waals surface area (Å²) in [6, 6.07) is 7.14. The Balaban J connectivity index is 1.71. The van der Waals surface area contributed by atoms with Crippen molar-refractivity contribution < 1.29 is 9.53 Å². The lowest BCUT2D eigenvalue weighted by Gasteiger charge is -2.36. The second-order valence-electron chi connectivity index (χ2n) is 9.35. The van der Waals surface area contributed by atoms with Crippen LogP contribution in [0.2, 0.25) is 0 Å². The minimum atomic E-state index is -0.570. The molecule has 33 heavy (non-hydrogen) atoms. The van der Waals surface area contributed by atoms with E-state index in [2.05, 4.69) is 37.0 Å². The number of carbonyl (C=O) groups excluding carboxylic acids is 1. The second-order valence-corrected chi connectivity index (χ2v) is 10.1. The maximum absolute atomic E-state index is 12.7. The molecule has 0 spiro atoms. The van der Waals surface area contributed by atoms with E-state index in [1.54, 1.807) is 17.2 Å². The van der Waals surface area contributed by atoms with Gasteiger partial charge < -0.3 is 14.5 Å². The highest BCUT2D eigenvalue weighted by Gasteiger charge is 2.45. The van der Waals surface area contributed by atoms with Crippen LogP contribution < -0.4 is 0 Å². The van der Waals surface area contributed by atoms with Gasteiger partial charge in [0.2, 0.25) is 0 Å². The summed E-state index contributed by atoms with van der Waals surface area (Å²) in [6.45, 7) is 14.7. The number of nitrogens with zero attached hydrogens (tertiary/aromatic N) is 5. The monoisotopic (exact) mass is 508 g/mol. The van der Waals surface area contributed by atoms with Crippen molar-refractivity contribution in [3.8, 4) is 6.07 Å². The van der Waals surface area contributed by atoms with Crippen molar-refractivity contribution in [3.05, 3.63) is 57.0 Å².